The van der Waals surface area contributed by atoms with Crippen molar-refractivity contribution < 1.29 is 33.0 Å². The second-order valence-electron chi connectivity index (χ2n) is 8.94. The molecule has 1 fully saturated rings. The van der Waals surface area contributed by atoms with Crippen LogP contribution in [0.3, 0.4) is 0 Å². The molecule has 0 radical (unpaired) electrons. The van der Waals surface area contributed by atoms with Crippen molar-refractivity contribution in [2.75, 3.05) is 19.7 Å². The van der Waals surface area contributed by atoms with Crippen LogP contribution < -0.4 is 5.32 Å². The van der Waals surface area contributed by atoms with Gasteiger partial charge in [-0.05, 0) is 28.7 Å². The zero-order valence-corrected chi connectivity index (χ0v) is 19.0. The van der Waals surface area contributed by atoms with Crippen LogP contribution in [0.25, 0.3) is 11.1 Å². The van der Waals surface area contributed by atoms with Gasteiger partial charge in [0.15, 0.2) is 0 Å². The molecule has 0 bridgehead atoms. The number of nitrogens with one attached hydrogen (secondary N) is 1. The fourth-order valence-electron chi connectivity index (χ4n) is 4.80. The van der Waals surface area contributed by atoms with E-state index < -0.39 is 42.3 Å². The van der Waals surface area contributed by atoms with Gasteiger partial charge in [-0.25, -0.2) is 13.6 Å². The monoisotopic (exact) mass is 484 g/mol. The van der Waals surface area contributed by atoms with Crippen molar-refractivity contribution in [3.05, 3.63) is 72.3 Å². The number of allylic oxidation sites excluding steroid dienone is 1. The Labute approximate surface area is 201 Å². The third-order valence-electron chi connectivity index (χ3n) is 6.67. The number of carbonyl (C=O) groups is 3. The van der Waals surface area contributed by atoms with E-state index in [1.807, 2.05) is 48.5 Å². The number of aliphatic carboxylic acids is 1. The maximum atomic E-state index is 13.6. The maximum Gasteiger partial charge on any atom is 0.407 e. The Kier molecular flexibility index (Phi) is 6.86. The summed E-state index contributed by atoms with van der Waals surface area (Å²) >= 11 is 0. The molecule has 2 aromatic rings. The summed E-state index contributed by atoms with van der Waals surface area (Å²) < 4.78 is 32.5. The lowest BCUT2D eigenvalue weighted by Gasteiger charge is -2.47. The number of carboxylic acid groups (broad SMARTS) is 1. The average Bonchev–Trinajstić information content (AvgIpc) is 3.12. The molecule has 1 heterocycles. The van der Waals surface area contributed by atoms with E-state index in [1.54, 1.807) is 0 Å². The molecule has 1 atom stereocenters. The zero-order chi connectivity index (χ0) is 25.2. The predicted octanol–water partition coefficient (Wildman–Crippen LogP) is 4.04. The molecule has 7 nitrogen and oxygen atoms in total. The van der Waals surface area contributed by atoms with Crippen LogP contribution in [-0.4, -0.2) is 60.1 Å². The molecule has 1 unspecified atom stereocenters. The van der Waals surface area contributed by atoms with Crippen LogP contribution in [0.15, 0.2) is 61.2 Å². The number of carbonyl (C=O) groups excluding carboxylic acids is 2. The van der Waals surface area contributed by atoms with E-state index in [-0.39, 0.29) is 32.0 Å². The van der Waals surface area contributed by atoms with Crippen molar-refractivity contribution in [3.8, 4) is 11.1 Å². The first-order valence-electron chi connectivity index (χ1n) is 11.3. The van der Waals surface area contributed by atoms with Crippen LogP contribution in [0.2, 0.25) is 0 Å². The highest BCUT2D eigenvalue weighted by Gasteiger charge is 2.50. The Morgan fingerprint density at radius 3 is 2.20 bits per heavy atom. The minimum atomic E-state index is -3.00. The van der Waals surface area contributed by atoms with E-state index in [0.717, 1.165) is 22.3 Å². The van der Waals surface area contributed by atoms with Gasteiger partial charge < -0.3 is 20.1 Å². The number of likely N-dealkylation sites (tertiary alicyclic amines) is 1. The van der Waals surface area contributed by atoms with E-state index in [0.29, 0.717) is 0 Å². The summed E-state index contributed by atoms with van der Waals surface area (Å²) in [6.07, 6.45) is -3.08. The molecule has 2 amide bonds. The van der Waals surface area contributed by atoms with Gasteiger partial charge in [-0.1, -0.05) is 54.6 Å². The van der Waals surface area contributed by atoms with E-state index in [4.69, 9.17) is 4.74 Å². The second-order valence-corrected chi connectivity index (χ2v) is 8.94. The summed E-state index contributed by atoms with van der Waals surface area (Å²) in [5, 5.41) is 11.5. The van der Waals surface area contributed by atoms with E-state index in [9.17, 15) is 28.3 Å². The van der Waals surface area contributed by atoms with Gasteiger partial charge in [-0.15, -0.1) is 6.58 Å². The van der Waals surface area contributed by atoms with E-state index >= 15 is 0 Å². The summed E-state index contributed by atoms with van der Waals surface area (Å²) in [4.78, 5) is 37.5. The van der Waals surface area contributed by atoms with Gasteiger partial charge in [0, 0.05) is 19.0 Å². The van der Waals surface area contributed by atoms with Crippen LogP contribution in [0.1, 0.15) is 29.9 Å². The molecule has 1 aliphatic carbocycles. The molecule has 2 aliphatic rings. The number of halogens is 2. The quantitative estimate of drug-likeness (QED) is 0.524. The molecule has 0 saturated carbocycles. The summed E-state index contributed by atoms with van der Waals surface area (Å²) in [6.45, 7) is 3.31. The van der Waals surface area contributed by atoms with E-state index in [1.165, 1.54) is 11.0 Å². The molecule has 35 heavy (non-hydrogen) atoms. The van der Waals surface area contributed by atoms with Crippen molar-refractivity contribution >= 4 is 18.0 Å². The number of hydrogen-bond donors (Lipinski definition) is 2. The third kappa shape index (κ3) is 4.76. The standard InChI is InChI=1S/C26H26F2N2O5/c1-2-11-26(24(32)33)14-30(15-26)22(31)12-21(23(27)28)29-25(34)35-13-20-18-9-5-3-7-16(18)17-8-4-6-10-19(17)20/h2-10,20-21,23H,1,11-15H2,(H,29,34)(H,32,33). The van der Waals surface area contributed by atoms with Crippen LogP contribution in [-0.2, 0) is 14.3 Å². The number of amides is 2. The van der Waals surface area contributed by atoms with Crippen molar-refractivity contribution in [2.45, 2.75) is 31.2 Å². The van der Waals surface area contributed by atoms with Crippen LogP contribution in [0.5, 0.6) is 0 Å². The summed E-state index contributed by atoms with van der Waals surface area (Å²) in [6, 6.07) is 13.7. The van der Waals surface area contributed by atoms with Crippen LogP contribution in [0.4, 0.5) is 13.6 Å². The number of ether oxygens (including phenoxy) is 1. The minimum absolute atomic E-state index is 0.0431. The van der Waals surface area contributed by atoms with Gasteiger partial charge in [0.1, 0.15) is 18.1 Å². The fraction of sp³-hybridized carbons (Fsp3) is 0.346. The maximum absolute atomic E-state index is 13.6. The van der Waals surface area contributed by atoms with Crippen LogP contribution in [0, 0.1) is 5.41 Å². The third-order valence-corrected chi connectivity index (χ3v) is 6.67. The molecule has 2 N–H and O–H groups in total. The highest BCUT2D eigenvalue weighted by molar-refractivity contribution is 5.84. The number of hydrogen-bond acceptors (Lipinski definition) is 4. The number of nitrogens with zero attached hydrogens (tertiary/aromatic N) is 1. The molecule has 4 rings (SSSR count). The smallest absolute Gasteiger partial charge is 0.407 e. The predicted molar refractivity (Wildman–Crippen MR) is 124 cm³/mol. The summed E-state index contributed by atoms with van der Waals surface area (Å²) in [5.74, 6) is -1.95. The topological polar surface area (TPSA) is 95.9 Å². The molecule has 0 spiro atoms. The van der Waals surface area contributed by atoms with Gasteiger partial charge in [-0.2, -0.15) is 0 Å². The number of fused-ring (bicyclic) bond motifs is 3. The van der Waals surface area contributed by atoms with Gasteiger partial charge in [0.25, 0.3) is 6.43 Å². The van der Waals surface area contributed by atoms with Crippen molar-refractivity contribution in [1.82, 2.24) is 10.2 Å². The lowest BCUT2D eigenvalue weighted by molar-refractivity contribution is -0.166. The first kappa shape index (κ1) is 24.4. The largest absolute Gasteiger partial charge is 0.481 e. The number of carboxylic acids is 1. The Bertz CT molecular complexity index is 1100. The average molecular weight is 484 g/mol. The number of benzene rings is 2. The molecule has 9 heteroatoms. The molecule has 1 saturated heterocycles. The Balaban J connectivity index is 1.34. The minimum Gasteiger partial charge on any atom is -0.481 e. The first-order chi connectivity index (χ1) is 16.8. The normalized spacial score (nSPS) is 16.6. The highest BCUT2D eigenvalue weighted by atomic mass is 19.3. The molecule has 1 aliphatic heterocycles. The number of rotatable bonds is 9. The SMILES string of the molecule is C=CCC1(C(=O)O)CN(C(=O)CC(NC(=O)OCC2c3ccccc3-c3ccccc32)C(F)F)C1. The van der Waals surface area contributed by atoms with E-state index in [2.05, 4.69) is 11.9 Å². The second kappa shape index (κ2) is 9.85. The van der Waals surface area contributed by atoms with Gasteiger partial charge in [-0.3, -0.25) is 9.59 Å². The Hall–Kier alpha value is -3.75. The van der Waals surface area contributed by atoms with Crippen molar-refractivity contribution in [3.63, 3.8) is 0 Å². The Morgan fingerprint density at radius 2 is 1.69 bits per heavy atom. The first-order valence-corrected chi connectivity index (χ1v) is 11.3. The van der Waals surface area contributed by atoms with Crippen molar-refractivity contribution in [2.24, 2.45) is 5.41 Å². The zero-order valence-electron chi connectivity index (χ0n) is 19.0. The summed E-state index contributed by atoms with van der Waals surface area (Å²) in [5.41, 5.74) is 2.91. The highest BCUT2D eigenvalue weighted by Crippen LogP contribution is 2.44. The molecular formula is C26H26F2N2O5. The van der Waals surface area contributed by atoms with Gasteiger partial charge in [0.05, 0.1) is 6.42 Å². The number of alkyl carbamates (subject to hydrolysis) is 1. The molecule has 0 aromatic heterocycles. The number of alkyl halides is 2. The van der Waals surface area contributed by atoms with Crippen molar-refractivity contribution in [1.29, 1.82) is 0 Å². The lowest BCUT2D eigenvalue weighted by Crippen LogP contribution is -2.62. The van der Waals surface area contributed by atoms with Gasteiger partial charge >= 0.3 is 12.1 Å². The lowest BCUT2D eigenvalue weighted by atomic mass is 9.76. The fourth-order valence-corrected chi connectivity index (χ4v) is 4.80. The Morgan fingerprint density at radius 1 is 1.11 bits per heavy atom. The molecule has 2 aromatic carbocycles. The summed E-state index contributed by atoms with van der Waals surface area (Å²) in [7, 11) is 0. The van der Waals surface area contributed by atoms with Gasteiger partial charge in [0.2, 0.25) is 5.91 Å². The molecule has 184 valence electrons. The van der Waals surface area contributed by atoms with Crippen LogP contribution >= 0.6 is 0 Å². The molecular weight excluding hydrogens is 458 g/mol.